The molecule has 1 amide bonds. The normalized spacial score (nSPS) is 16.0. The summed E-state index contributed by atoms with van der Waals surface area (Å²) in [7, 11) is 0. The average molecular weight is 243 g/mol. The van der Waals surface area contributed by atoms with Crippen LogP contribution in [0.2, 0.25) is 0 Å². The van der Waals surface area contributed by atoms with Gasteiger partial charge in [-0.3, -0.25) is 4.79 Å². The minimum atomic E-state index is -1.13. The third kappa shape index (κ3) is 5.71. The molecule has 0 bridgehead atoms. The first-order valence-electron chi connectivity index (χ1n) is 6.40. The van der Waals surface area contributed by atoms with Gasteiger partial charge in [0, 0.05) is 6.42 Å². The van der Waals surface area contributed by atoms with E-state index in [4.69, 9.17) is 5.11 Å². The molecule has 0 aliphatic heterocycles. The molecule has 0 saturated heterocycles. The third-order valence-electron chi connectivity index (χ3n) is 2.95. The molecule has 0 rings (SSSR count). The van der Waals surface area contributed by atoms with Gasteiger partial charge < -0.3 is 10.4 Å². The van der Waals surface area contributed by atoms with Crippen molar-refractivity contribution in [3.8, 4) is 0 Å². The minimum absolute atomic E-state index is 0.163. The Bertz CT molecular complexity index is 265. The fourth-order valence-electron chi connectivity index (χ4n) is 1.99. The Morgan fingerprint density at radius 3 is 2.29 bits per heavy atom. The Morgan fingerprint density at radius 1 is 1.29 bits per heavy atom. The summed E-state index contributed by atoms with van der Waals surface area (Å²) in [6.45, 7) is 7.57. The van der Waals surface area contributed by atoms with Crippen LogP contribution in [0.1, 0.15) is 59.8 Å². The van der Waals surface area contributed by atoms with E-state index in [1.807, 2.05) is 13.8 Å². The molecule has 0 spiro atoms. The highest BCUT2D eigenvalue weighted by atomic mass is 16.4. The number of carboxylic acids is 1. The van der Waals surface area contributed by atoms with Gasteiger partial charge in [0.2, 0.25) is 5.91 Å². The van der Waals surface area contributed by atoms with Gasteiger partial charge in [0.25, 0.3) is 0 Å². The summed E-state index contributed by atoms with van der Waals surface area (Å²) in [5, 5.41) is 11.8. The van der Waals surface area contributed by atoms with E-state index in [0.717, 1.165) is 19.3 Å². The molecule has 0 radical (unpaired) electrons. The van der Waals surface area contributed by atoms with Crippen LogP contribution >= 0.6 is 0 Å². The minimum Gasteiger partial charge on any atom is -0.480 e. The number of rotatable bonds is 8. The summed E-state index contributed by atoms with van der Waals surface area (Å²) in [6, 6.07) is 0. The Labute approximate surface area is 104 Å². The van der Waals surface area contributed by atoms with Crippen molar-refractivity contribution >= 4 is 11.9 Å². The molecule has 0 saturated carbocycles. The molecule has 17 heavy (non-hydrogen) atoms. The molecular formula is C13H25NO3. The van der Waals surface area contributed by atoms with Gasteiger partial charge in [-0.15, -0.1) is 0 Å². The monoisotopic (exact) mass is 243 g/mol. The highest BCUT2D eigenvalue weighted by Crippen LogP contribution is 2.15. The van der Waals surface area contributed by atoms with Crippen LogP contribution in [-0.2, 0) is 9.59 Å². The van der Waals surface area contributed by atoms with E-state index in [2.05, 4.69) is 12.2 Å². The van der Waals surface area contributed by atoms with Gasteiger partial charge in [-0.1, -0.05) is 40.0 Å². The molecule has 0 aliphatic rings. The second-order valence-corrected chi connectivity index (χ2v) is 5.03. The molecule has 0 aromatic heterocycles. The number of amides is 1. The molecule has 0 fully saturated rings. The lowest BCUT2D eigenvalue weighted by Gasteiger charge is -2.26. The molecule has 4 heteroatoms. The zero-order valence-corrected chi connectivity index (χ0v) is 11.4. The number of nitrogens with one attached hydrogen (secondary N) is 1. The molecule has 2 unspecified atom stereocenters. The van der Waals surface area contributed by atoms with Gasteiger partial charge >= 0.3 is 5.97 Å². The summed E-state index contributed by atoms with van der Waals surface area (Å²) in [6.07, 6.45) is 3.62. The highest BCUT2D eigenvalue weighted by molar-refractivity contribution is 5.86. The van der Waals surface area contributed by atoms with E-state index in [0.29, 0.717) is 18.8 Å². The van der Waals surface area contributed by atoms with Crippen LogP contribution in [0.5, 0.6) is 0 Å². The summed E-state index contributed by atoms with van der Waals surface area (Å²) >= 11 is 0. The van der Waals surface area contributed by atoms with Crippen LogP contribution in [0, 0.1) is 5.92 Å². The second-order valence-electron chi connectivity index (χ2n) is 5.03. The standard InChI is InChI=1S/C13H25NO3/c1-5-7-10(3)9-11(15)14-13(4,8-6-2)12(16)17/h10H,5-9H2,1-4H3,(H,14,15)(H,16,17). The Hall–Kier alpha value is -1.06. The van der Waals surface area contributed by atoms with Crippen molar-refractivity contribution in [3.05, 3.63) is 0 Å². The molecule has 0 aromatic carbocycles. The van der Waals surface area contributed by atoms with Crippen molar-refractivity contribution < 1.29 is 14.7 Å². The first-order chi connectivity index (χ1) is 7.85. The quantitative estimate of drug-likeness (QED) is 0.688. The first-order valence-corrected chi connectivity index (χ1v) is 6.40. The van der Waals surface area contributed by atoms with E-state index in [1.54, 1.807) is 6.92 Å². The fourth-order valence-corrected chi connectivity index (χ4v) is 1.99. The maximum Gasteiger partial charge on any atom is 0.329 e. The van der Waals surface area contributed by atoms with Crippen LogP contribution in [0.15, 0.2) is 0 Å². The zero-order valence-electron chi connectivity index (χ0n) is 11.4. The lowest BCUT2D eigenvalue weighted by atomic mass is 9.95. The van der Waals surface area contributed by atoms with Crippen LogP contribution in [-0.4, -0.2) is 22.5 Å². The average Bonchev–Trinajstić information content (AvgIpc) is 2.17. The zero-order chi connectivity index (χ0) is 13.5. The lowest BCUT2D eigenvalue weighted by molar-refractivity contribution is -0.147. The Morgan fingerprint density at radius 2 is 1.88 bits per heavy atom. The molecule has 2 N–H and O–H groups in total. The number of hydrogen-bond acceptors (Lipinski definition) is 2. The van der Waals surface area contributed by atoms with Gasteiger partial charge in [0.05, 0.1) is 0 Å². The van der Waals surface area contributed by atoms with Gasteiger partial charge in [0.15, 0.2) is 0 Å². The Kier molecular flexibility index (Phi) is 6.85. The van der Waals surface area contributed by atoms with Crippen LogP contribution in [0.25, 0.3) is 0 Å². The molecule has 100 valence electrons. The largest absolute Gasteiger partial charge is 0.480 e. The number of aliphatic carboxylic acids is 1. The van der Waals surface area contributed by atoms with Crippen LogP contribution in [0.4, 0.5) is 0 Å². The summed E-state index contributed by atoms with van der Waals surface area (Å²) in [5.74, 6) is -0.820. The Balaban J connectivity index is 4.36. The van der Waals surface area contributed by atoms with E-state index in [1.165, 1.54) is 0 Å². The molecule has 0 aromatic rings. The number of hydrogen-bond donors (Lipinski definition) is 2. The second kappa shape index (κ2) is 7.30. The van der Waals surface area contributed by atoms with Crippen molar-refractivity contribution in [2.45, 2.75) is 65.3 Å². The molecule has 0 heterocycles. The lowest BCUT2D eigenvalue weighted by Crippen LogP contribution is -2.52. The topological polar surface area (TPSA) is 66.4 Å². The van der Waals surface area contributed by atoms with Crippen molar-refractivity contribution in [1.82, 2.24) is 5.32 Å². The van der Waals surface area contributed by atoms with Gasteiger partial charge in [-0.2, -0.15) is 0 Å². The van der Waals surface area contributed by atoms with Gasteiger partial charge in [-0.05, 0) is 19.3 Å². The fraction of sp³-hybridized carbons (Fsp3) is 0.846. The number of carbonyl (C=O) groups is 2. The predicted molar refractivity (Wildman–Crippen MR) is 67.8 cm³/mol. The van der Waals surface area contributed by atoms with E-state index >= 15 is 0 Å². The van der Waals surface area contributed by atoms with Crippen molar-refractivity contribution in [3.63, 3.8) is 0 Å². The number of carboxylic acid groups (broad SMARTS) is 1. The van der Waals surface area contributed by atoms with E-state index in [9.17, 15) is 9.59 Å². The summed E-state index contributed by atoms with van der Waals surface area (Å²) in [4.78, 5) is 22.9. The molecule has 2 atom stereocenters. The molecule has 4 nitrogen and oxygen atoms in total. The first kappa shape index (κ1) is 15.9. The van der Waals surface area contributed by atoms with Crippen LogP contribution in [0.3, 0.4) is 0 Å². The highest BCUT2D eigenvalue weighted by Gasteiger charge is 2.33. The van der Waals surface area contributed by atoms with E-state index < -0.39 is 11.5 Å². The van der Waals surface area contributed by atoms with Gasteiger partial charge in [-0.25, -0.2) is 4.79 Å². The molecule has 0 aliphatic carbocycles. The van der Waals surface area contributed by atoms with Crippen molar-refractivity contribution in [2.75, 3.05) is 0 Å². The van der Waals surface area contributed by atoms with Crippen molar-refractivity contribution in [2.24, 2.45) is 5.92 Å². The van der Waals surface area contributed by atoms with Crippen molar-refractivity contribution in [1.29, 1.82) is 0 Å². The molecular weight excluding hydrogens is 218 g/mol. The third-order valence-corrected chi connectivity index (χ3v) is 2.95. The SMILES string of the molecule is CCCC(C)CC(=O)NC(C)(CCC)C(=O)O. The smallest absolute Gasteiger partial charge is 0.329 e. The summed E-state index contributed by atoms with van der Waals surface area (Å²) in [5.41, 5.74) is -1.13. The van der Waals surface area contributed by atoms with Gasteiger partial charge in [0.1, 0.15) is 5.54 Å². The van der Waals surface area contributed by atoms with Crippen LogP contribution < -0.4 is 5.32 Å². The van der Waals surface area contributed by atoms with E-state index in [-0.39, 0.29) is 5.91 Å². The maximum atomic E-state index is 11.7. The summed E-state index contributed by atoms with van der Waals surface area (Å²) < 4.78 is 0. The number of carbonyl (C=O) groups excluding carboxylic acids is 1. The maximum absolute atomic E-state index is 11.7. The predicted octanol–water partition coefficient (Wildman–Crippen LogP) is 2.57.